The van der Waals surface area contributed by atoms with Gasteiger partial charge in [-0.25, -0.2) is 9.78 Å². The first-order chi connectivity index (χ1) is 9.06. The molecule has 98 valence electrons. The molecule has 0 aliphatic heterocycles. The molecule has 19 heavy (non-hydrogen) atoms. The van der Waals surface area contributed by atoms with E-state index in [0.29, 0.717) is 18.1 Å². The second-order valence-electron chi connectivity index (χ2n) is 3.92. The maximum atomic E-state index is 10.8. The molecule has 0 unspecified atom stereocenters. The molecular weight excluding hydrogens is 310 g/mol. The van der Waals surface area contributed by atoms with Gasteiger partial charge in [0.2, 0.25) is 0 Å². The number of carboxylic acids is 1. The molecule has 1 aromatic carbocycles. The maximum Gasteiger partial charge on any atom is 0.354 e. The Kier molecular flexibility index (Phi) is 4.01. The average molecular weight is 322 g/mol. The van der Waals surface area contributed by atoms with Crippen LogP contribution in [0.15, 0.2) is 40.9 Å². The maximum absolute atomic E-state index is 10.8. The monoisotopic (exact) mass is 321 g/mol. The minimum absolute atomic E-state index is 0.0362. The third kappa shape index (κ3) is 3.45. The number of hydrogen-bond donors (Lipinski definition) is 3. The Bertz CT molecular complexity index is 617. The first-order valence-corrected chi connectivity index (χ1v) is 6.33. The lowest BCUT2D eigenvalue weighted by Crippen LogP contribution is -2.08. The van der Waals surface area contributed by atoms with Crippen LogP contribution in [0.1, 0.15) is 16.1 Å². The predicted octanol–water partition coefficient (Wildman–Crippen LogP) is 2.74. The Labute approximate surface area is 118 Å². The third-order valence-electron chi connectivity index (χ3n) is 2.49. The van der Waals surface area contributed by atoms with E-state index in [1.165, 1.54) is 12.1 Å². The quantitative estimate of drug-likeness (QED) is 0.805. The van der Waals surface area contributed by atoms with Crippen molar-refractivity contribution in [1.82, 2.24) is 4.98 Å². The molecule has 0 saturated heterocycles. The van der Waals surface area contributed by atoms with E-state index in [-0.39, 0.29) is 5.69 Å². The van der Waals surface area contributed by atoms with Gasteiger partial charge in [0.15, 0.2) is 5.69 Å². The fourth-order valence-electron chi connectivity index (χ4n) is 1.56. The van der Waals surface area contributed by atoms with Gasteiger partial charge < -0.3 is 16.2 Å². The van der Waals surface area contributed by atoms with Crippen LogP contribution < -0.4 is 11.1 Å². The summed E-state index contributed by atoms with van der Waals surface area (Å²) in [5, 5.41) is 11.9. The number of pyridine rings is 1. The Morgan fingerprint density at radius 2 is 2.16 bits per heavy atom. The van der Waals surface area contributed by atoms with Crippen LogP contribution in [0, 0.1) is 0 Å². The first-order valence-electron chi connectivity index (χ1n) is 5.54. The summed E-state index contributed by atoms with van der Waals surface area (Å²) in [5.74, 6) is -0.703. The lowest BCUT2D eigenvalue weighted by molar-refractivity contribution is 0.0690. The SMILES string of the molecule is Nc1ccc(C(=O)O)nc1NCc1cccc(Br)c1. The number of hydrogen-bond acceptors (Lipinski definition) is 4. The van der Waals surface area contributed by atoms with Crippen LogP contribution in [0.3, 0.4) is 0 Å². The summed E-state index contributed by atoms with van der Waals surface area (Å²) < 4.78 is 0.979. The van der Waals surface area contributed by atoms with Crippen molar-refractivity contribution in [3.8, 4) is 0 Å². The van der Waals surface area contributed by atoms with Crippen molar-refractivity contribution in [2.75, 3.05) is 11.1 Å². The number of nitrogen functional groups attached to an aromatic ring is 1. The highest BCUT2D eigenvalue weighted by Crippen LogP contribution is 2.18. The summed E-state index contributed by atoms with van der Waals surface area (Å²) in [5.41, 5.74) is 7.18. The number of anilines is 2. The highest BCUT2D eigenvalue weighted by atomic mass is 79.9. The number of nitrogens with two attached hydrogens (primary N) is 1. The number of halogens is 1. The molecule has 0 aliphatic rings. The van der Waals surface area contributed by atoms with Gasteiger partial charge in [0, 0.05) is 11.0 Å². The van der Waals surface area contributed by atoms with Crippen molar-refractivity contribution in [3.63, 3.8) is 0 Å². The summed E-state index contributed by atoms with van der Waals surface area (Å²) in [7, 11) is 0. The topological polar surface area (TPSA) is 88.2 Å². The molecule has 0 spiro atoms. The van der Waals surface area contributed by atoms with E-state index in [0.717, 1.165) is 10.0 Å². The second kappa shape index (κ2) is 5.71. The van der Waals surface area contributed by atoms with Crippen molar-refractivity contribution >= 4 is 33.4 Å². The van der Waals surface area contributed by atoms with E-state index >= 15 is 0 Å². The van der Waals surface area contributed by atoms with Crippen LogP contribution in [-0.2, 0) is 6.54 Å². The minimum Gasteiger partial charge on any atom is -0.477 e. The van der Waals surface area contributed by atoms with Crippen molar-refractivity contribution in [3.05, 3.63) is 52.1 Å². The van der Waals surface area contributed by atoms with Crippen molar-refractivity contribution in [1.29, 1.82) is 0 Å². The number of aromatic nitrogens is 1. The lowest BCUT2D eigenvalue weighted by Gasteiger charge is -2.09. The summed E-state index contributed by atoms with van der Waals surface area (Å²) in [4.78, 5) is 14.8. The zero-order valence-electron chi connectivity index (χ0n) is 9.93. The van der Waals surface area contributed by atoms with E-state index in [9.17, 15) is 4.79 Å². The van der Waals surface area contributed by atoms with Gasteiger partial charge in [-0.2, -0.15) is 0 Å². The Hall–Kier alpha value is -2.08. The standard InChI is InChI=1S/C13H12BrN3O2/c14-9-3-1-2-8(6-9)7-16-12-10(15)4-5-11(17-12)13(18)19/h1-6H,7,15H2,(H,16,17)(H,18,19). The number of nitrogens with one attached hydrogen (secondary N) is 1. The van der Waals surface area contributed by atoms with Crippen LogP contribution >= 0.6 is 15.9 Å². The molecule has 6 heteroatoms. The van der Waals surface area contributed by atoms with Crippen LogP contribution in [-0.4, -0.2) is 16.1 Å². The van der Waals surface area contributed by atoms with Gasteiger partial charge in [-0.15, -0.1) is 0 Å². The van der Waals surface area contributed by atoms with Gasteiger partial charge in [-0.1, -0.05) is 28.1 Å². The molecule has 0 radical (unpaired) electrons. The van der Waals surface area contributed by atoms with Crippen molar-refractivity contribution in [2.45, 2.75) is 6.54 Å². The zero-order valence-corrected chi connectivity index (χ0v) is 11.5. The second-order valence-corrected chi connectivity index (χ2v) is 4.84. The fourth-order valence-corrected chi connectivity index (χ4v) is 2.01. The molecule has 2 rings (SSSR count). The molecule has 0 saturated carbocycles. The Balaban J connectivity index is 2.15. The van der Waals surface area contributed by atoms with E-state index in [4.69, 9.17) is 10.8 Å². The smallest absolute Gasteiger partial charge is 0.354 e. The van der Waals surface area contributed by atoms with Crippen LogP contribution in [0.2, 0.25) is 0 Å². The molecule has 2 aromatic rings. The molecule has 0 fully saturated rings. The van der Waals surface area contributed by atoms with Crippen LogP contribution in [0.4, 0.5) is 11.5 Å². The zero-order chi connectivity index (χ0) is 13.8. The van der Waals surface area contributed by atoms with Gasteiger partial charge in [0.05, 0.1) is 5.69 Å². The molecule has 0 atom stereocenters. The molecule has 0 aliphatic carbocycles. The van der Waals surface area contributed by atoms with E-state index in [1.54, 1.807) is 0 Å². The van der Waals surface area contributed by atoms with Gasteiger partial charge in [0.25, 0.3) is 0 Å². The molecule has 5 nitrogen and oxygen atoms in total. The van der Waals surface area contributed by atoms with Crippen molar-refractivity contribution < 1.29 is 9.90 Å². The van der Waals surface area contributed by atoms with E-state index in [2.05, 4.69) is 26.2 Å². The van der Waals surface area contributed by atoms with E-state index in [1.807, 2.05) is 24.3 Å². The first kappa shape index (κ1) is 13.4. The molecule has 0 amide bonds. The van der Waals surface area contributed by atoms with Crippen LogP contribution in [0.25, 0.3) is 0 Å². The van der Waals surface area contributed by atoms with Crippen LogP contribution in [0.5, 0.6) is 0 Å². The lowest BCUT2D eigenvalue weighted by atomic mass is 10.2. The highest BCUT2D eigenvalue weighted by molar-refractivity contribution is 9.10. The largest absolute Gasteiger partial charge is 0.477 e. The molecule has 1 aromatic heterocycles. The number of rotatable bonds is 4. The normalized spacial score (nSPS) is 10.2. The number of aromatic carboxylic acids is 1. The highest BCUT2D eigenvalue weighted by Gasteiger charge is 2.08. The molecule has 4 N–H and O–H groups in total. The minimum atomic E-state index is -1.08. The van der Waals surface area contributed by atoms with Gasteiger partial charge >= 0.3 is 5.97 Å². The molecule has 0 bridgehead atoms. The Morgan fingerprint density at radius 3 is 2.84 bits per heavy atom. The molecule has 1 heterocycles. The summed E-state index contributed by atoms with van der Waals surface area (Å²) >= 11 is 3.39. The number of benzene rings is 1. The fraction of sp³-hybridized carbons (Fsp3) is 0.0769. The molecular formula is C13H12BrN3O2. The number of nitrogens with zero attached hydrogens (tertiary/aromatic N) is 1. The third-order valence-corrected chi connectivity index (χ3v) is 2.99. The Morgan fingerprint density at radius 1 is 1.37 bits per heavy atom. The summed E-state index contributed by atoms with van der Waals surface area (Å²) in [6, 6.07) is 10.7. The van der Waals surface area contributed by atoms with Crippen molar-refractivity contribution in [2.24, 2.45) is 0 Å². The van der Waals surface area contributed by atoms with Gasteiger partial charge in [-0.3, -0.25) is 0 Å². The van der Waals surface area contributed by atoms with Gasteiger partial charge in [-0.05, 0) is 29.8 Å². The average Bonchev–Trinajstić information content (AvgIpc) is 2.37. The number of carboxylic acid groups (broad SMARTS) is 1. The number of carbonyl (C=O) groups is 1. The predicted molar refractivity (Wildman–Crippen MR) is 77.1 cm³/mol. The summed E-state index contributed by atoms with van der Waals surface area (Å²) in [6.07, 6.45) is 0. The summed E-state index contributed by atoms with van der Waals surface area (Å²) in [6.45, 7) is 0.514. The van der Waals surface area contributed by atoms with Gasteiger partial charge in [0.1, 0.15) is 5.82 Å². The van der Waals surface area contributed by atoms with E-state index < -0.39 is 5.97 Å².